The Labute approximate surface area is 182 Å². The van der Waals surface area contributed by atoms with Crippen molar-refractivity contribution in [3.63, 3.8) is 0 Å². The van der Waals surface area contributed by atoms with Gasteiger partial charge in [0.2, 0.25) is 0 Å². The van der Waals surface area contributed by atoms with Crippen LogP contribution < -0.4 is 0 Å². The van der Waals surface area contributed by atoms with Crippen LogP contribution in [0.25, 0.3) is 0 Å². The molecule has 29 heavy (non-hydrogen) atoms. The lowest BCUT2D eigenvalue weighted by atomic mass is 9.72. The van der Waals surface area contributed by atoms with Crippen molar-refractivity contribution in [1.82, 2.24) is 4.90 Å². The first-order chi connectivity index (χ1) is 13.4. The Morgan fingerprint density at radius 1 is 1.31 bits per heavy atom. The molecule has 168 valence electrons. The molecule has 11 heteroatoms. The van der Waals surface area contributed by atoms with Crippen molar-refractivity contribution in [2.24, 2.45) is 5.41 Å². The minimum Gasteiger partial charge on any atom is -0.467 e. The lowest BCUT2D eigenvalue weighted by molar-refractivity contribution is -0.150. The van der Waals surface area contributed by atoms with Crippen LogP contribution in [0.1, 0.15) is 40.0 Å². The molecule has 0 aliphatic carbocycles. The highest BCUT2D eigenvalue weighted by atomic mass is 35.5. The zero-order valence-corrected chi connectivity index (χ0v) is 19.5. The zero-order chi connectivity index (χ0) is 22.5. The number of carbonyl (C=O) groups is 2. The first-order valence-electron chi connectivity index (χ1n) is 9.08. The smallest absolute Gasteiger partial charge is 0.411 e. The lowest BCUT2D eigenvalue weighted by Crippen LogP contribution is -2.51. The van der Waals surface area contributed by atoms with Crippen molar-refractivity contribution in [1.29, 1.82) is 0 Å². The van der Waals surface area contributed by atoms with Crippen LogP contribution in [-0.4, -0.2) is 67.9 Å². The topological polar surface area (TPSA) is 99.2 Å². The molecular weight excluding hydrogens is 445 g/mol. The van der Waals surface area contributed by atoms with Crippen LogP contribution in [0, 0.1) is 5.41 Å². The minimum atomic E-state index is -4.09. The van der Waals surface area contributed by atoms with E-state index in [2.05, 4.69) is 6.58 Å². The molecular formula is C18H29Cl2NO7S. The summed E-state index contributed by atoms with van der Waals surface area (Å²) in [7, 11) is -2.90. The van der Waals surface area contributed by atoms with E-state index in [1.54, 1.807) is 26.8 Å². The maximum atomic E-state index is 12.9. The summed E-state index contributed by atoms with van der Waals surface area (Å²) >= 11 is 11.4. The number of likely N-dealkylation sites (tertiary alicyclic amines) is 1. The van der Waals surface area contributed by atoms with E-state index in [-0.39, 0.29) is 18.8 Å². The van der Waals surface area contributed by atoms with Crippen LogP contribution in [0.15, 0.2) is 12.7 Å². The number of hydrogen-bond donors (Lipinski definition) is 0. The van der Waals surface area contributed by atoms with Gasteiger partial charge in [-0.15, -0.1) is 29.8 Å². The van der Waals surface area contributed by atoms with Crippen molar-refractivity contribution in [2.75, 3.05) is 24.7 Å². The number of hydrogen-bond acceptors (Lipinski definition) is 7. The van der Waals surface area contributed by atoms with Gasteiger partial charge in [-0.05, 0) is 40.0 Å². The largest absolute Gasteiger partial charge is 0.467 e. The molecule has 1 amide bonds. The number of nitrogens with zero attached hydrogens (tertiary/aromatic N) is 1. The highest BCUT2D eigenvalue weighted by Gasteiger charge is 2.60. The fourth-order valence-electron chi connectivity index (χ4n) is 3.56. The number of ether oxygens (including phenoxy) is 2. The number of alkyl halides is 2. The van der Waals surface area contributed by atoms with Crippen molar-refractivity contribution in [3.05, 3.63) is 12.7 Å². The van der Waals surface area contributed by atoms with Crippen molar-refractivity contribution < 1.29 is 31.7 Å². The predicted octanol–water partition coefficient (Wildman–Crippen LogP) is 3.27. The number of allylic oxidation sites excluding steroid dienone is 1. The predicted molar refractivity (Wildman–Crippen MR) is 110 cm³/mol. The second-order valence-electron chi connectivity index (χ2n) is 7.83. The highest BCUT2D eigenvalue weighted by molar-refractivity contribution is 7.87. The van der Waals surface area contributed by atoms with Crippen LogP contribution in [0.5, 0.6) is 0 Å². The maximum absolute atomic E-state index is 12.9. The van der Waals surface area contributed by atoms with Gasteiger partial charge in [-0.3, -0.25) is 9.08 Å². The fraction of sp³-hybridized carbons (Fsp3) is 0.778. The summed E-state index contributed by atoms with van der Waals surface area (Å²) < 4.78 is 39.9. The molecule has 1 fully saturated rings. The number of carbonyl (C=O) groups excluding carboxylic acids is 2. The second kappa shape index (κ2) is 10.3. The Bertz CT molecular complexity index is 707. The van der Waals surface area contributed by atoms with E-state index in [1.165, 1.54) is 7.11 Å². The Morgan fingerprint density at radius 2 is 1.93 bits per heavy atom. The molecule has 0 aromatic rings. The van der Waals surface area contributed by atoms with Crippen LogP contribution in [0.3, 0.4) is 0 Å². The van der Waals surface area contributed by atoms with Gasteiger partial charge < -0.3 is 9.47 Å². The third kappa shape index (κ3) is 6.47. The summed E-state index contributed by atoms with van der Waals surface area (Å²) in [4.78, 5) is 26.8. The SMILES string of the molecule is C=CC[C@]1(CCCCl)[C@H](OS(=O)(=O)CCl)CN(C(=O)OC(C)(C)C)[C@@H]1C(=O)OC. The molecule has 0 bridgehead atoms. The third-order valence-corrected chi connectivity index (χ3v) is 6.47. The van der Waals surface area contributed by atoms with Gasteiger partial charge in [0.25, 0.3) is 10.1 Å². The Hall–Kier alpha value is -1.03. The average molecular weight is 474 g/mol. The summed E-state index contributed by atoms with van der Waals surface area (Å²) in [5.41, 5.74) is -1.95. The molecule has 1 saturated heterocycles. The molecule has 0 N–H and O–H groups in total. The van der Waals surface area contributed by atoms with Crippen molar-refractivity contribution in [2.45, 2.75) is 57.8 Å². The standard InChI is InChI=1S/C18H29Cl2NO7S/c1-6-8-18(9-7-10-19)13(28-29(24,25)12-20)11-21(14(18)15(22)26-5)16(23)27-17(2,3)4/h6,13-14H,1,7-12H2,2-5H3/t13-,14-,18+/m1/s1. The van der Waals surface area contributed by atoms with Gasteiger partial charge in [0.05, 0.1) is 13.7 Å². The molecule has 0 unspecified atom stereocenters. The molecule has 1 heterocycles. The monoisotopic (exact) mass is 473 g/mol. The average Bonchev–Trinajstić information content (AvgIpc) is 2.92. The van der Waals surface area contributed by atoms with Gasteiger partial charge in [-0.2, -0.15) is 8.42 Å². The quantitative estimate of drug-likeness (QED) is 0.219. The van der Waals surface area contributed by atoms with Gasteiger partial charge in [-0.25, -0.2) is 9.59 Å². The van der Waals surface area contributed by atoms with E-state index >= 15 is 0 Å². The zero-order valence-electron chi connectivity index (χ0n) is 17.2. The molecule has 0 aromatic heterocycles. The second-order valence-corrected chi connectivity index (χ2v) is 10.4. The van der Waals surface area contributed by atoms with Crippen LogP contribution in [-0.2, 0) is 28.6 Å². The third-order valence-electron chi connectivity index (χ3n) is 4.61. The fourth-order valence-corrected chi connectivity index (χ4v) is 4.51. The van der Waals surface area contributed by atoms with Gasteiger partial charge in [-0.1, -0.05) is 6.08 Å². The van der Waals surface area contributed by atoms with Crippen LogP contribution >= 0.6 is 23.2 Å². The Kier molecular flexibility index (Phi) is 9.26. The van der Waals surface area contributed by atoms with E-state index in [4.69, 9.17) is 36.9 Å². The Morgan fingerprint density at radius 3 is 2.38 bits per heavy atom. The van der Waals surface area contributed by atoms with Crippen LogP contribution in [0.4, 0.5) is 4.79 Å². The summed E-state index contributed by atoms with van der Waals surface area (Å²) in [6, 6.07) is -1.14. The number of methoxy groups -OCH3 is 1. The number of amides is 1. The van der Waals surface area contributed by atoms with Crippen LogP contribution in [0.2, 0.25) is 0 Å². The minimum absolute atomic E-state index is 0.186. The van der Waals surface area contributed by atoms with E-state index in [0.29, 0.717) is 12.8 Å². The van der Waals surface area contributed by atoms with E-state index in [1.807, 2.05) is 0 Å². The molecule has 0 saturated carbocycles. The van der Waals surface area contributed by atoms with Gasteiger partial charge in [0, 0.05) is 11.3 Å². The summed E-state index contributed by atoms with van der Waals surface area (Å²) in [5, 5.41) is -0.765. The van der Waals surface area contributed by atoms with Crippen molar-refractivity contribution >= 4 is 45.4 Å². The van der Waals surface area contributed by atoms with Crippen molar-refractivity contribution in [3.8, 4) is 0 Å². The first kappa shape index (κ1) is 26.0. The molecule has 1 aliphatic rings. The number of halogens is 2. The molecule has 8 nitrogen and oxygen atoms in total. The summed E-state index contributed by atoms with van der Waals surface area (Å²) in [5.74, 6) is -0.435. The number of esters is 1. The molecule has 0 aromatic carbocycles. The molecule has 0 radical (unpaired) electrons. The first-order valence-corrected chi connectivity index (χ1v) is 11.7. The van der Waals surface area contributed by atoms with E-state index in [0.717, 1.165) is 4.90 Å². The van der Waals surface area contributed by atoms with Gasteiger partial charge in [0.1, 0.15) is 23.0 Å². The molecule has 1 rings (SSSR count). The molecule has 1 aliphatic heterocycles. The Balaban J connectivity index is 3.54. The highest BCUT2D eigenvalue weighted by Crippen LogP contribution is 2.47. The summed E-state index contributed by atoms with van der Waals surface area (Å²) in [6.45, 7) is 8.59. The normalized spacial score (nSPS) is 25.0. The van der Waals surface area contributed by atoms with E-state index in [9.17, 15) is 18.0 Å². The summed E-state index contributed by atoms with van der Waals surface area (Å²) in [6.07, 6.45) is 0.652. The number of rotatable bonds is 9. The maximum Gasteiger partial charge on any atom is 0.411 e. The molecule has 0 spiro atoms. The van der Waals surface area contributed by atoms with Gasteiger partial charge >= 0.3 is 12.1 Å². The van der Waals surface area contributed by atoms with E-state index < -0.39 is 50.6 Å². The molecule has 3 atom stereocenters. The van der Waals surface area contributed by atoms with Gasteiger partial charge in [0.15, 0.2) is 0 Å². The lowest BCUT2D eigenvalue weighted by Gasteiger charge is -2.38.